The van der Waals surface area contributed by atoms with Crippen LogP contribution in [0.2, 0.25) is 0 Å². The first-order valence-electron chi connectivity index (χ1n) is 21.6. The van der Waals surface area contributed by atoms with E-state index in [9.17, 15) is 19.8 Å². The summed E-state index contributed by atoms with van der Waals surface area (Å²) in [4.78, 5) is 24.8. The van der Waals surface area contributed by atoms with E-state index in [4.69, 9.17) is 0 Å². The summed E-state index contributed by atoms with van der Waals surface area (Å²) in [6, 6.07) is 0. The molecule has 0 bridgehead atoms. The molecule has 1 saturated carbocycles. The Hall–Kier alpha value is -1.06. The fraction of sp³-hybridized carbons (Fsp3) is 0.955. The Morgan fingerprint density at radius 2 is 0.562 bits per heavy atom. The smallest absolute Gasteiger partial charge is 0.309 e. The lowest BCUT2D eigenvalue weighted by molar-refractivity contribution is -0.162. The van der Waals surface area contributed by atoms with Gasteiger partial charge in [0.1, 0.15) is 0 Å². The van der Waals surface area contributed by atoms with E-state index < -0.39 is 22.8 Å². The monoisotopic (exact) mass is 677 g/mol. The molecule has 0 aliphatic heterocycles. The van der Waals surface area contributed by atoms with Crippen LogP contribution in [0.15, 0.2) is 0 Å². The lowest BCUT2D eigenvalue weighted by Gasteiger charge is -2.42. The van der Waals surface area contributed by atoms with Crippen molar-refractivity contribution in [2.45, 2.75) is 246 Å². The topological polar surface area (TPSA) is 74.6 Å². The van der Waals surface area contributed by atoms with Crippen LogP contribution in [0.25, 0.3) is 0 Å². The van der Waals surface area contributed by atoms with Gasteiger partial charge in [0.25, 0.3) is 0 Å². The van der Waals surface area contributed by atoms with Gasteiger partial charge in [0.15, 0.2) is 0 Å². The number of rotatable bonds is 34. The van der Waals surface area contributed by atoms with Crippen LogP contribution in [0.1, 0.15) is 246 Å². The normalized spacial score (nSPS) is 19.8. The standard InChI is InChI=1S/C44H84O4/c1-39(2)31-27-23-19-15-11-7-5-9-13-17-21-25-29-33-43(41(45)46)35-37-44(38-36-43,42(47)48)34-30-26-22-18-14-10-6-8-12-16-20-24-28-32-40(3)4/h39-40H,5-38H2,1-4H3,(H,45,46)(H,47,48). The zero-order chi connectivity index (χ0) is 35.4. The average molecular weight is 677 g/mol. The Kier molecular flexibility index (Phi) is 26.8. The molecule has 0 unspecified atom stereocenters. The molecule has 1 fully saturated rings. The molecule has 0 aromatic rings. The summed E-state index contributed by atoms with van der Waals surface area (Å²) < 4.78 is 0. The van der Waals surface area contributed by atoms with Crippen LogP contribution in [0.5, 0.6) is 0 Å². The molecule has 0 saturated heterocycles. The van der Waals surface area contributed by atoms with Crippen molar-refractivity contribution in [3.63, 3.8) is 0 Å². The number of aliphatic carboxylic acids is 2. The molecule has 2 N–H and O–H groups in total. The molecule has 1 rings (SSSR count). The fourth-order valence-electron chi connectivity index (χ4n) is 8.27. The summed E-state index contributed by atoms with van der Waals surface area (Å²) in [6.45, 7) is 9.27. The summed E-state index contributed by atoms with van der Waals surface area (Å²) in [5, 5.41) is 20.4. The predicted molar refractivity (Wildman–Crippen MR) is 207 cm³/mol. The van der Waals surface area contributed by atoms with Crippen LogP contribution in [0.3, 0.4) is 0 Å². The SMILES string of the molecule is CC(C)CCCCCCCCCCCCCCCC1(C(=O)O)CCC(CCCCCCCCCCCCCCCC(C)C)(C(=O)O)CC1. The zero-order valence-electron chi connectivity index (χ0n) is 32.9. The molecular weight excluding hydrogens is 592 g/mol. The van der Waals surface area contributed by atoms with Gasteiger partial charge in [0.2, 0.25) is 0 Å². The van der Waals surface area contributed by atoms with Gasteiger partial charge in [-0.05, 0) is 50.4 Å². The van der Waals surface area contributed by atoms with Crippen molar-refractivity contribution in [3.05, 3.63) is 0 Å². The minimum Gasteiger partial charge on any atom is -0.481 e. The van der Waals surface area contributed by atoms with Crippen molar-refractivity contribution in [1.82, 2.24) is 0 Å². The second-order valence-electron chi connectivity index (χ2n) is 17.2. The van der Waals surface area contributed by atoms with E-state index in [0.717, 1.165) is 37.5 Å². The number of carboxylic acids is 2. The Bertz CT molecular complexity index is 700. The summed E-state index contributed by atoms with van der Waals surface area (Å²) in [6.07, 6.45) is 40.1. The van der Waals surface area contributed by atoms with E-state index in [0.29, 0.717) is 38.5 Å². The molecule has 0 spiro atoms. The highest BCUT2D eigenvalue weighted by Crippen LogP contribution is 2.50. The van der Waals surface area contributed by atoms with Gasteiger partial charge in [-0.1, -0.05) is 207 Å². The van der Waals surface area contributed by atoms with Crippen LogP contribution in [-0.2, 0) is 9.59 Å². The summed E-state index contributed by atoms with van der Waals surface area (Å²) >= 11 is 0. The van der Waals surface area contributed by atoms with E-state index in [1.807, 2.05) is 0 Å². The van der Waals surface area contributed by atoms with E-state index >= 15 is 0 Å². The van der Waals surface area contributed by atoms with Crippen molar-refractivity contribution in [1.29, 1.82) is 0 Å². The van der Waals surface area contributed by atoms with E-state index in [2.05, 4.69) is 27.7 Å². The first kappa shape index (κ1) is 45.0. The van der Waals surface area contributed by atoms with Crippen molar-refractivity contribution in [3.8, 4) is 0 Å². The van der Waals surface area contributed by atoms with Crippen LogP contribution < -0.4 is 0 Å². The third kappa shape index (κ3) is 21.9. The molecule has 0 amide bonds. The van der Waals surface area contributed by atoms with Crippen LogP contribution in [-0.4, -0.2) is 22.2 Å². The summed E-state index contributed by atoms with van der Waals surface area (Å²) in [7, 11) is 0. The Balaban J connectivity index is 2.11. The number of unbranched alkanes of at least 4 members (excludes halogenated alkanes) is 24. The highest BCUT2D eigenvalue weighted by Gasteiger charge is 2.49. The van der Waals surface area contributed by atoms with Crippen LogP contribution >= 0.6 is 0 Å². The minimum atomic E-state index is -0.707. The van der Waals surface area contributed by atoms with Crippen molar-refractivity contribution in [2.24, 2.45) is 22.7 Å². The molecule has 48 heavy (non-hydrogen) atoms. The molecule has 0 atom stereocenters. The third-order valence-electron chi connectivity index (χ3n) is 11.9. The number of hydrogen-bond donors (Lipinski definition) is 2. The van der Waals surface area contributed by atoms with Gasteiger partial charge in [-0.15, -0.1) is 0 Å². The number of carboxylic acid groups (broad SMARTS) is 2. The molecule has 1 aliphatic carbocycles. The maximum Gasteiger partial charge on any atom is 0.309 e. The van der Waals surface area contributed by atoms with E-state index in [1.54, 1.807) is 0 Å². The zero-order valence-corrected chi connectivity index (χ0v) is 32.9. The predicted octanol–water partition coefficient (Wildman–Crippen LogP) is 14.7. The second-order valence-corrected chi connectivity index (χ2v) is 17.2. The molecular formula is C44H84O4. The van der Waals surface area contributed by atoms with Gasteiger partial charge in [-0.25, -0.2) is 0 Å². The molecule has 4 heteroatoms. The van der Waals surface area contributed by atoms with E-state index in [-0.39, 0.29) is 0 Å². The molecule has 0 radical (unpaired) electrons. The van der Waals surface area contributed by atoms with Crippen LogP contribution in [0.4, 0.5) is 0 Å². The largest absolute Gasteiger partial charge is 0.481 e. The number of hydrogen-bond acceptors (Lipinski definition) is 2. The van der Waals surface area contributed by atoms with Gasteiger partial charge < -0.3 is 10.2 Å². The van der Waals surface area contributed by atoms with Gasteiger partial charge in [0, 0.05) is 0 Å². The Morgan fingerprint density at radius 1 is 0.375 bits per heavy atom. The molecule has 284 valence electrons. The van der Waals surface area contributed by atoms with Crippen molar-refractivity contribution >= 4 is 11.9 Å². The Morgan fingerprint density at radius 3 is 0.750 bits per heavy atom. The molecule has 0 aromatic heterocycles. The summed E-state index contributed by atoms with van der Waals surface area (Å²) in [5.74, 6) is 0.307. The molecule has 0 heterocycles. The number of carbonyl (C=O) groups is 2. The van der Waals surface area contributed by atoms with Crippen molar-refractivity contribution < 1.29 is 19.8 Å². The Labute approximate surface area is 299 Å². The summed E-state index contributed by atoms with van der Waals surface area (Å²) in [5.41, 5.74) is -1.41. The highest BCUT2D eigenvalue weighted by molar-refractivity contribution is 5.78. The quantitative estimate of drug-likeness (QED) is 0.0665. The fourth-order valence-corrected chi connectivity index (χ4v) is 8.27. The molecule has 1 aliphatic rings. The van der Waals surface area contributed by atoms with Crippen LogP contribution in [0, 0.1) is 22.7 Å². The third-order valence-corrected chi connectivity index (χ3v) is 11.9. The van der Waals surface area contributed by atoms with Gasteiger partial charge in [-0.3, -0.25) is 9.59 Å². The lowest BCUT2D eigenvalue weighted by atomic mass is 9.60. The first-order chi connectivity index (χ1) is 23.1. The van der Waals surface area contributed by atoms with Gasteiger partial charge in [0.05, 0.1) is 10.8 Å². The van der Waals surface area contributed by atoms with E-state index in [1.165, 1.54) is 154 Å². The minimum absolute atomic E-state index is 0.532. The van der Waals surface area contributed by atoms with Gasteiger partial charge >= 0.3 is 11.9 Å². The first-order valence-corrected chi connectivity index (χ1v) is 21.6. The molecule has 4 nitrogen and oxygen atoms in total. The highest BCUT2D eigenvalue weighted by atomic mass is 16.4. The lowest BCUT2D eigenvalue weighted by Crippen LogP contribution is -2.43. The maximum atomic E-state index is 12.4. The van der Waals surface area contributed by atoms with Gasteiger partial charge in [-0.2, -0.15) is 0 Å². The average Bonchev–Trinajstić information content (AvgIpc) is 3.04. The maximum absolute atomic E-state index is 12.4. The molecule has 0 aromatic carbocycles. The second kappa shape index (κ2) is 28.6. The van der Waals surface area contributed by atoms with Crippen molar-refractivity contribution in [2.75, 3.05) is 0 Å².